The molecule has 4 aromatic rings. The number of thiazole rings is 1. The maximum Gasteiger partial charge on any atom is 0.301 e. The number of benzene rings is 3. The molecule has 5 rings (SSSR count). The summed E-state index contributed by atoms with van der Waals surface area (Å²) in [6.45, 7) is 0. The second kappa shape index (κ2) is 8.76. The van der Waals surface area contributed by atoms with Crippen molar-refractivity contribution in [3.63, 3.8) is 0 Å². The van der Waals surface area contributed by atoms with Gasteiger partial charge in [0, 0.05) is 15.6 Å². The number of aliphatic hydroxyl groups is 1. The SMILES string of the molecule is COc1ccc(C(O)=C2C(=O)C(=O)N(c3nc4ccc(Cl)cc4s3)C2c2ccc(Cl)cc2)cc1. The second-order valence-corrected chi connectivity index (χ2v) is 9.44. The molecule has 0 saturated carbocycles. The van der Waals surface area contributed by atoms with Crippen LogP contribution in [-0.4, -0.2) is 28.9 Å². The molecule has 1 atom stereocenters. The molecular formula is C25H16Cl2N2O4S. The van der Waals surface area contributed by atoms with Crippen molar-refractivity contribution in [1.29, 1.82) is 0 Å². The first-order valence-corrected chi connectivity index (χ1v) is 11.7. The van der Waals surface area contributed by atoms with E-state index in [-0.39, 0.29) is 11.3 Å². The van der Waals surface area contributed by atoms with E-state index in [0.717, 1.165) is 4.70 Å². The van der Waals surface area contributed by atoms with Crippen LogP contribution in [0.25, 0.3) is 16.0 Å². The van der Waals surface area contributed by atoms with Crippen molar-refractivity contribution in [3.8, 4) is 5.75 Å². The van der Waals surface area contributed by atoms with Crippen LogP contribution in [-0.2, 0) is 9.59 Å². The van der Waals surface area contributed by atoms with Gasteiger partial charge in [-0.3, -0.25) is 14.5 Å². The number of aliphatic hydroxyl groups excluding tert-OH is 1. The van der Waals surface area contributed by atoms with Crippen molar-refractivity contribution in [2.45, 2.75) is 6.04 Å². The minimum absolute atomic E-state index is 0.0326. The molecule has 6 nitrogen and oxygen atoms in total. The Labute approximate surface area is 208 Å². The van der Waals surface area contributed by atoms with Crippen LogP contribution >= 0.6 is 34.5 Å². The highest BCUT2D eigenvalue weighted by molar-refractivity contribution is 7.22. The van der Waals surface area contributed by atoms with Gasteiger partial charge in [0.25, 0.3) is 5.78 Å². The minimum Gasteiger partial charge on any atom is -0.507 e. The Morgan fingerprint density at radius 1 is 1.00 bits per heavy atom. The molecule has 3 aromatic carbocycles. The first-order valence-electron chi connectivity index (χ1n) is 10.1. The van der Waals surface area contributed by atoms with Crippen LogP contribution in [0.1, 0.15) is 17.2 Å². The molecule has 2 heterocycles. The zero-order valence-corrected chi connectivity index (χ0v) is 20.0. The first-order chi connectivity index (χ1) is 16.4. The van der Waals surface area contributed by atoms with E-state index < -0.39 is 17.7 Å². The number of hydrogen-bond acceptors (Lipinski definition) is 6. The molecule has 170 valence electrons. The number of aromatic nitrogens is 1. The zero-order valence-electron chi connectivity index (χ0n) is 17.7. The van der Waals surface area contributed by atoms with Gasteiger partial charge < -0.3 is 9.84 Å². The Hall–Kier alpha value is -3.39. The lowest BCUT2D eigenvalue weighted by molar-refractivity contribution is -0.132. The van der Waals surface area contributed by atoms with Gasteiger partial charge >= 0.3 is 5.91 Å². The van der Waals surface area contributed by atoms with Crippen LogP contribution in [0.5, 0.6) is 5.75 Å². The Morgan fingerprint density at radius 3 is 2.35 bits per heavy atom. The van der Waals surface area contributed by atoms with Gasteiger partial charge in [-0.25, -0.2) is 4.98 Å². The molecule has 1 aliphatic rings. The number of rotatable bonds is 4. The van der Waals surface area contributed by atoms with E-state index in [1.807, 2.05) is 0 Å². The summed E-state index contributed by atoms with van der Waals surface area (Å²) in [7, 11) is 1.53. The lowest BCUT2D eigenvalue weighted by atomic mass is 9.95. The molecule has 34 heavy (non-hydrogen) atoms. The monoisotopic (exact) mass is 510 g/mol. The van der Waals surface area contributed by atoms with Crippen molar-refractivity contribution in [3.05, 3.63) is 93.5 Å². The van der Waals surface area contributed by atoms with Gasteiger partial charge in [0.1, 0.15) is 11.5 Å². The average molecular weight is 511 g/mol. The summed E-state index contributed by atoms with van der Waals surface area (Å²) in [5.74, 6) is -1.27. The fourth-order valence-corrected chi connectivity index (χ4v) is 5.28. The van der Waals surface area contributed by atoms with Crippen molar-refractivity contribution in [1.82, 2.24) is 4.98 Å². The summed E-state index contributed by atoms with van der Waals surface area (Å²) in [5.41, 5.74) is 1.61. The minimum atomic E-state index is -0.893. The zero-order chi connectivity index (χ0) is 24.0. The summed E-state index contributed by atoms with van der Waals surface area (Å²) in [6, 6.07) is 17.7. The third-order valence-corrected chi connectivity index (χ3v) is 7.04. The van der Waals surface area contributed by atoms with Gasteiger partial charge in [0.15, 0.2) is 5.13 Å². The van der Waals surface area contributed by atoms with Crippen LogP contribution in [0.4, 0.5) is 5.13 Å². The molecule has 1 aliphatic heterocycles. The van der Waals surface area contributed by atoms with Crippen LogP contribution in [0.2, 0.25) is 10.0 Å². The predicted octanol–water partition coefficient (Wildman–Crippen LogP) is 6.24. The third kappa shape index (κ3) is 3.81. The molecule has 1 unspecified atom stereocenters. The molecule has 1 aromatic heterocycles. The fraction of sp³-hybridized carbons (Fsp3) is 0.0800. The van der Waals surface area contributed by atoms with E-state index in [1.165, 1.54) is 23.3 Å². The molecule has 0 spiro atoms. The third-order valence-electron chi connectivity index (χ3n) is 5.54. The quantitative estimate of drug-likeness (QED) is 0.199. The molecular weight excluding hydrogens is 495 g/mol. The van der Waals surface area contributed by atoms with Crippen molar-refractivity contribution >= 4 is 67.3 Å². The van der Waals surface area contributed by atoms with E-state index in [9.17, 15) is 14.7 Å². The van der Waals surface area contributed by atoms with Gasteiger partial charge in [-0.15, -0.1) is 0 Å². The lowest BCUT2D eigenvalue weighted by Gasteiger charge is -2.23. The average Bonchev–Trinajstić information content (AvgIpc) is 3.37. The van der Waals surface area contributed by atoms with Crippen LogP contribution in [0.3, 0.4) is 0 Å². The Morgan fingerprint density at radius 2 is 1.68 bits per heavy atom. The van der Waals surface area contributed by atoms with E-state index in [1.54, 1.807) is 66.7 Å². The summed E-state index contributed by atoms with van der Waals surface area (Å²) in [6.07, 6.45) is 0. The number of carbonyl (C=O) groups is 2. The molecule has 0 radical (unpaired) electrons. The van der Waals surface area contributed by atoms with Crippen molar-refractivity contribution < 1.29 is 19.4 Å². The molecule has 0 aliphatic carbocycles. The highest BCUT2D eigenvalue weighted by atomic mass is 35.5. The number of nitrogens with zero attached hydrogens (tertiary/aromatic N) is 2. The number of methoxy groups -OCH3 is 1. The topological polar surface area (TPSA) is 79.7 Å². The maximum absolute atomic E-state index is 13.3. The van der Waals surface area contributed by atoms with E-state index in [4.69, 9.17) is 27.9 Å². The van der Waals surface area contributed by atoms with Crippen LogP contribution in [0.15, 0.2) is 72.3 Å². The number of ketones is 1. The van der Waals surface area contributed by atoms with Crippen LogP contribution < -0.4 is 9.64 Å². The van der Waals surface area contributed by atoms with Crippen molar-refractivity contribution in [2.24, 2.45) is 0 Å². The first kappa shape index (κ1) is 22.4. The summed E-state index contributed by atoms with van der Waals surface area (Å²) in [4.78, 5) is 32.4. The Balaban J connectivity index is 1.71. The number of Topliss-reactive ketones (excluding diaryl/α,β-unsaturated/α-hetero) is 1. The van der Waals surface area contributed by atoms with Gasteiger partial charge in [-0.1, -0.05) is 46.7 Å². The number of amides is 1. The number of hydrogen-bond donors (Lipinski definition) is 1. The van der Waals surface area contributed by atoms with Gasteiger partial charge in [0.05, 0.1) is 28.9 Å². The lowest BCUT2D eigenvalue weighted by Crippen LogP contribution is -2.29. The van der Waals surface area contributed by atoms with Crippen molar-refractivity contribution in [2.75, 3.05) is 12.0 Å². The Kier molecular flexibility index (Phi) is 5.77. The van der Waals surface area contributed by atoms with E-state index in [0.29, 0.717) is 37.6 Å². The molecule has 0 bridgehead atoms. The molecule has 1 saturated heterocycles. The maximum atomic E-state index is 13.3. The normalized spacial score (nSPS) is 17.5. The van der Waals surface area contributed by atoms with Gasteiger partial charge in [-0.2, -0.15) is 0 Å². The number of anilines is 1. The molecule has 9 heteroatoms. The van der Waals surface area contributed by atoms with E-state index >= 15 is 0 Å². The fourth-order valence-electron chi connectivity index (χ4n) is 3.88. The largest absolute Gasteiger partial charge is 0.507 e. The summed E-state index contributed by atoms with van der Waals surface area (Å²) in [5, 5.41) is 12.6. The number of carbonyl (C=O) groups excluding carboxylic acids is 2. The van der Waals surface area contributed by atoms with Gasteiger partial charge in [0.2, 0.25) is 0 Å². The highest BCUT2D eigenvalue weighted by Gasteiger charge is 2.48. The molecule has 1 N–H and O–H groups in total. The van der Waals surface area contributed by atoms with E-state index in [2.05, 4.69) is 4.98 Å². The second-order valence-electron chi connectivity index (χ2n) is 7.56. The Bertz CT molecular complexity index is 1460. The predicted molar refractivity (Wildman–Crippen MR) is 134 cm³/mol. The number of fused-ring (bicyclic) bond motifs is 1. The standard InChI is InChI=1S/C25H16Cl2N2O4S/c1-33-17-9-4-14(5-10-17)22(30)20-21(13-2-6-15(26)7-3-13)29(24(32)23(20)31)25-28-18-11-8-16(27)12-19(18)34-25/h2-12,21,30H,1H3. The number of ether oxygens (including phenoxy) is 1. The summed E-state index contributed by atoms with van der Waals surface area (Å²) >= 11 is 13.4. The molecule has 1 fully saturated rings. The number of halogens is 2. The summed E-state index contributed by atoms with van der Waals surface area (Å²) < 4.78 is 5.94. The smallest absolute Gasteiger partial charge is 0.301 e. The van der Waals surface area contributed by atoms with Crippen LogP contribution in [0, 0.1) is 0 Å². The highest BCUT2D eigenvalue weighted by Crippen LogP contribution is 2.44. The van der Waals surface area contributed by atoms with Gasteiger partial charge in [-0.05, 0) is 60.2 Å². The molecule has 1 amide bonds.